The second-order valence-electron chi connectivity index (χ2n) is 13.4. The van der Waals surface area contributed by atoms with Crippen molar-refractivity contribution in [2.75, 3.05) is 13.2 Å². The van der Waals surface area contributed by atoms with Crippen molar-refractivity contribution in [1.29, 1.82) is 0 Å². The van der Waals surface area contributed by atoms with Gasteiger partial charge in [0, 0.05) is 29.2 Å². The fourth-order valence-corrected chi connectivity index (χ4v) is 9.13. The maximum Gasteiger partial charge on any atom is 0.160 e. The average Bonchev–Trinajstić information content (AvgIpc) is 3.06. The molecule has 2 fully saturated rings. The number of fused-ring (bicyclic) bond motifs is 4. The summed E-state index contributed by atoms with van der Waals surface area (Å²) in [5, 5.41) is 30.3. The predicted octanol–water partition coefficient (Wildman–Crippen LogP) is 4.78. The summed E-state index contributed by atoms with van der Waals surface area (Å²) in [5.74, 6) is 1.19. The quantitative estimate of drug-likeness (QED) is 0.470. The highest BCUT2D eigenvalue weighted by Crippen LogP contribution is 2.71. The van der Waals surface area contributed by atoms with E-state index in [1.54, 1.807) is 0 Å². The molecule has 196 valence electrons. The molecule has 5 heteroatoms. The van der Waals surface area contributed by atoms with Crippen LogP contribution < -0.4 is 0 Å². The molecule has 0 saturated heterocycles. The number of Topliss-reactive ketones (excluding diaryl/α,β-unsaturated/α-hetero) is 2. The molecule has 0 aromatic heterocycles. The van der Waals surface area contributed by atoms with E-state index in [4.69, 9.17) is 0 Å². The van der Waals surface area contributed by atoms with Crippen LogP contribution in [0.3, 0.4) is 0 Å². The van der Waals surface area contributed by atoms with E-state index < -0.39 is 11.5 Å². The van der Waals surface area contributed by atoms with Crippen molar-refractivity contribution >= 4 is 11.6 Å². The third-order valence-electron chi connectivity index (χ3n) is 11.4. The van der Waals surface area contributed by atoms with E-state index in [1.165, 1.54) is 0 Å². The number of hydrogen-bond donors (Lipinski definition) is 3. The van der Waals surface area contributed by atoms with Crippen LogP contribution in [0, 0.1) is 39.4 Å². The van der Waals surface area contributed by atoms with Crippen LogP contribution in [0.1, 0.15) is 92.9 Å². The molecule has 0 aliphatic heterocycles. The van der Waals surface area contributed by atoms with Crippen LogP contribution in [-0.4, -0.2) is 46.2 Å². The number of aliphatic hydroxyl groups excluding tert-OH is 3. The average molecular weight is 487 g/mol. The topological polar surface area (TPSA) is 94.8 Å². The van der Waals surface area contributed by atoms with E-state index in [1.807, 2.05) is 19.9 Å². The van der Waals surface area contributed by atoms with E-state index in [9.17, 15) is 24.9 Å². The van der Waals surface area contributed by atoms with Crippen molar-refractivity contribution in [2.24, 2.45) is 39.4 Å². The number of ketones is 2. The normalized spacial score (nSPS) is 41.2. The smallest absolute Gasteiger partial charge is 0.160 e. The number of allylic oxidation sites excluding steroid dienone is 2. The molecule has 2 saturated carbocycles. The Morgan fingerprint density at radius 3 is 2.37 bits per heavy atom. The number of carbonyl (C=O) groups excluding carboxylic acids is 2. The monoisotopic (exact) mass is 486 g/mol. The van der Waals surface area contributed by atoms with Crippen LogP contribution in [0.25, 0.3) is 0 Å². The van der Waals surface area contributed by atoms with Gasteiger partial charge in [-0.3, -0.25) is 9.59 Å². The van der Waals surface area contributed by atoms with E-state index in [0.717, 1.165) is 36.8 Å². The molecule has 7 unspecified atom stereocenters. The zero-order valence-electron chi connectivity index (χ0n) is 22.6. The summed E-state index contributed by atoms with van der Waals surface area (Å²) in [6, 6.07) is 0. The number of hydrogen-bond acceptors (Lipinski definition) is 5. The lowest BCUT2D eigenvalue weighted by atomic mass is 9.42. The van der Waals surface area contributed by atoms with Gasteiger partial charge >= 0.3 is 0 Å². The molecule has 4 aliphatic carbocycles. The Morgan fingerprint density at radius 2 is 1.74 bits per heavy atom. The SMILES string of the molecule is CC(CCC=C(CO)CO)C1CCC2(C)C3=C(C(=O)CC12C)C1(C)CCC(=O)C(C)(C)C1CC3O. The molecule has 3 N–H and O–H groups in total. The lowest BCUT2D eigenvalue weighted by molar-refractivity contribution is -0.145. The van der Waals surface area contributed by atoms with Gasteiger partial charge < -0.3 is 15.3 Å². The van der Waals surface area contributed by atoms with E-state index in [2.05, 4.69) is 27.7 Å². The van der Waals surface area contributed by atoms with Crippen LogP contribution in [-0.2, 0) is 9.59 Å². The zero-order chi connectivity index (χ0) is 26.0. The molecule has 0 spiro atoms. The second-order valence-corrected chi connectivity index (χ2v) is 13.4. The van der Waals surface area contributed by atoms with Gasteiger partial charge in [0.05, 0.1) is 19.3 Å². The molecule has 0 aromatic rings. The molecule has 35 heavy (non-hydrogen) atoms. The highest BCUT2D eigenvalue weighted by molar-refractivity contribution is 6.01. The van der Waals surface area contributed by atoms with E-state index in [-0.39, 0.29) is 46.9 Å². The standard InChI is InChI=1S/C30H46O5/c1-18(8-7-9-19(16-31)17-32)20-10-13-29(5)26-21(33)14-23-27(2,3)24(35)11-12-28(23,4)25(26)22(34)15-30(20,29)6/h9,18,20-21,23,31-33H,7-8,10-17H2,1-6H3. The van der Waals surface area contributed by atoms with E-state index in [0.29, 0.717) is 43.1 Å². The Morgan fingerprint density at radius 1 is 1.09 bits per heavy atom. The minimum Gasteiger partial charge on any atom is -0.392 e. The van der Waals surface area contributed by atoms with Gasteiger partial charge in [-0.15, -0.1) is 0 Å². The Hall–Kier alpha value is -1.30. The fourth-order valence-electron chi connectivity index (χ4n) is 9.13. The predicted molar refractivity (Wildman–Crippen MR) is 136 cm³/mol. The number of aliphatic hydroxyl groups is 3. The Labute approximate surface area is 211 Å². The summed E-state index contributed by atoms with van der Waals surface area (Å²) < 4.78 is 0. The Balaban J connectivity index is 1.70. The van der Waals surface area contributed by atoms with Crippen molar-refractivity contribution in [3.63, 3.8) is 0 Å². The molecule has 5 nitrogen and oxygen atoms in total. The Kier molecular flexibility index (Phi) is 6.82. The largest absolute Gasteiger partial charge is 0.392 e. The highest BCUT2D eigenvalue weighted by atomic mass is 16.3. The fraction of sp³-hybridized carbons (Fsp3) is 0.800. The molecule has 0 radical (unpaired) electrons. The molecule has 0 heterocycles. The summed E-state index contributed by atoms with van der Waals surface area (Å²) in [6.45, 7) is 12.8. The lowest BCUT2D eigenvalue weighted by Gasteiger charge is -2.61. The van der Waals surface area contributed by atoms with Crippen LogP contribution in [0.5, 0.6) is 0 Å². The molecule has 7 atom stereocenters. The minimum atomic E-state index is -0.671. The number of rotatable bonds is 6. The zero-order valence-corrected chi connectivity index (χ0v) is 22.6. The maximum absolute atomic E-state index is 14.0. The van der Waals surface area contributed by atoms with Crippen molar-refractivity contribution in [1.82, 2.24) is 0 Å². The van der Waals surface area contributed by atoms with Gasteiger partial charge in [0.2, 0.25) is 0 Å². The molecule has 0 amide bonds. The van der Waals surface area contributed by atoms with Gasteiger partial charge in [-0.05, 0) is 78.3 Å². The van der Waals surface area contributed by atoms with Gasteiger partial charge in [0.15, 0.2) is 5.78 Å². The van der Waals surface area contributed by atoms with Gasteiger partial charge in [0.25, 0.3) is 0 Å². The van der Waals surface area contributed by atoms with Gasteiger partial charge in [-0.2, -0.15) is 0 Å². The minimum absolute atomic E-state index is 0.0166. The third kappa shape index (κ3) is 3.75. The maximum atomic E-state index is 14.0. The molecule has 0 bridgehead atoms. The van der Waals surface area contributed by atoms with Crippen molar-refractivity contribution in [2.45, 2.75) is 99.0 Å². The summed E-state index contributed by atoms with van der Waals surface area (Å²) in [7, 11) is 0. The van der Waals surface area contributed by atoms with Crippen LogP contribution >= 0.6 is 0 Å². The molecule has 4 rings (SSSR count). The summed E-state index contributed by atoms with van der Waals surface area (Å²) in [4.78, 5) is 26.9. The van der Waals surface area contributed by atoms with Crippen molar-refractivity contribution in [3.05, 3.63) is 22.8 Å². The first-order valence-corrected chi connectivity index (χ1v) is 13.7. The number of carbonyl (C=O) groups is 2. The first kappa shape index (κ1) is 26.8. The molecule has 4 aliphatic rings. The molecular formula is C30H46O5. The summed E-state index contributed by atoms with van der Waals surface area (Å²) in [6.07, 6.45) is 7.29. The second kappa shape index (κ2) is 8.92. The van der Waals surface area contributed by atoms with Crippen molar-refractivity contribution in [3.8, 4) is 0 Å². The first-order chi connectivity index (χ1) is 16.3. The lowest BCUT2D eigenvalue weighted by Crippen LogP contribution is -2.59. The van der Waals surface area contributed by atoms with Crippen molar-refractivity contribution < 1.29 is 24.9 Å². The highest BCUT2D eigenvalue weighted by Gasteiger charge is 2.67. The van der Waals surface area contributed by atoms with E-state index >= 15 is 0 Å². The summed E-state index contributed by atoms with van der Waals surface area (Å²) in [5.41, 5.74) is 1.19. The summed E-state index contributed by atoms with van der Waals surface area (Å²) >= 11 is 0. The van der Waals surface area contributed by atoms with Crippen LogP contribution in [0.4, 0.5) is 0 Å². The van der Waals surface area contributed by atoms with Gasteiger partial charge in [-0.1, -0.05) is 47.6 Å². The Bertz CT molecular complexity index is 954. The first-order valence-electron chi connectivity index (χ1n) is 13.7. The van der Waals surface area contributed by atoms with Crippen LogP contribution in [0.2, 0.25) is 0 Å². The molecular weight excluding hydrogens is 440 g/mol. The van der Waals surface area contributed by atoms with Crippen LogP contribution in [0.15, 0.2) is 22.8 Å². The van der Waals surface area contributed by atoms with Gasteiger partial charge in [0.1, 0.15) is 5.78 Å². The molecule has 0 aromatic carbocycles. The third-order valence-corrected chi connectivity index (χ3v) is 11.4. The van der Waals surface area contributed by atoms with Gasteiger partial charge in [-0.25, -0.2) is 0 Å².